The summed E-state index contributed by atoms with van der Waals surface area (Å²) in [5, 5.41) is 2.92. The van der Waals surface area contributed by atoms with E-state index < -0.39 is 10.0 Å². The number of sulfonamides is 1. The van der Waals surface area contributed by atoms with Gasteiger partial charge in [0.25, 0.3) is 0 Å². The van der Waals surface area contributed by atoms with E-state index in [1.54, 1.807) is 12.1 Å². The van der Waals surface area contributed by atoms with Crippen LogP contribution in [0.2, 0.25) is 0 Å². The SMILES string of the molecule is Cc1ccc(C)c(C(C)NC(=O)CN(c2ccc(C)c(C)c2)S(C)(=O)=O)c1. The first-order valence-corrected chi connectivity index (χ1v) is 10.8. The van der Waals surface area contributed by atoms with E-state index in [4.69, 9.17) is 0 Å². The van der Waals surface area contributed by atoms with Crippen molar-refractivity contribution < 1.29 is 13.2 Å². The number of nitrogens with zero attached hydrogens (tertiary/aromatic N) is 1. The van der Waals surface area contributed by atoms with Crippen molar-refractivity contribution in [3.63, 3.8) is 0 Å². The zero-order chi connectivity index (χ0) is 20.4. The lowest BCUT2D eigenvalue weighted by molar-refractivity contribution is -0.120. The van der Waals surface area contributed by atoms with Crippen molar-refractivity contribution in [1.29, 1.82) is 0 Å². The highest BCUT2D eigenvalue weighted by Crippen LogP contribution is 2.22. The first-order valence-electron chi connectivity index (χ1n) is 8.90. The van der Waals surface area contributed by atoms with Crippen molar-refractivity contribution in [3.8, 4) is 0 Å². The molecule has 0 aliphatic rings. The Bertz CT molecular complexity index is 952. The standard InChI is InChI=1S/C21H28N2O3S/c1-14-7-8-16(3)20(11-14)18(5)22-21(24)13-23(27(6,25)26)19-10-9-15(2)17(4)12-19/h7-12,18H,13H2,1-6H3,(H,22,24). The normalized spacial score (nSPS) is 12.5. The predicted molar refractivity (Wildman–Crippen MR) is 111 cm³/mol. The molecule has 2 rings (SSSR count). The molecule has 0 bridgehead atoms. The van der Waals surface area contributed by atoms with Crippen LogP contribution < -0.4 is 9.62 Å². The molecule has 27 heavy (non-hydrogen) atoms. The molecule has 0 spiro atoms. The lowest BCUT2D eigenvalue weighted by Gasteiger charge is -2.24. The summed E-state index contributed by atoms with van der Waals surface area (Å²) in [6.45, 7) is 9.53. The molecule has 0 heterocycles. The third kappa shape index (κ3) is 5.32. The number of rotatable bonds is 6. The molecule has 0 fully saturated rings. The van der Waals surface area contributed by atoms with Gasteiger partial charge in [-0.15, -0.1) is 0 Å². The molecule has 1 atom stereocenters. The number of hydrogen-bond donors (Lipinski definition) is 1. The first kappa shape index (κ1) is 21.0. The van der Waals surface area contributed by atoms with Gasteiger partial charge in [-0.1, -0.05) is 29.8 Å². The maximum Gasteiger partial charge on any atom is 0.241 e. The van der Waals surface area contributed by atoms with E-state index in [0.29, 0.717) is 5.69 Å². The average Bonchev–Trinajstić information content (AvgIpc) is 2.56. The summed E-state index contributed by atoms with van der Waals surface area (Å²) < 4.78 is 25.7. The summed E-state index contributed by atoms with van der Waals surface area (Å²) in [7, 11) is -3.59. The number of carbonyl (C=O) groups is 1. The molecule has 1 unspecified atom stereocenters. The molecule has 0 aromatic heterocycles. The molecule has 0 aliphatic heterocycles. The summed E-state index contributed by atoms with van der Waals surface area (Å²) in [5.41, 5.74) is 5.77. The van der Waals surface area contributed by atoms with Crippen LogP contribution in [0.3, 0.4) is 0 Å². The maximum atomic E-state index is 12.6. The number of hydrogen-bond acceptors (Lipinski definition) is 3. The van der Waals surface area contributed by atoms with E-state index in [2.05, 4.69) is 5.32 Å². The number of aryl methyl sites for hydroxylation is 4. The number of anilines is 1. The van der Waals surface area contributed by atoms with Crippen LogP contribution in [0.5, 0.6) is 0 Å². The Morgan fingerprint density at radius 3 is 2.22 bits per heavy atom. The maximum absolute atomic E-state index is 12.6. The van der Waals surface area contributed by atoms with Gasteiger partial charge < -0.3 is 5.32 Å². The minimum absolute atomic E-state index is 0.210. The summed E-state index contributed by atoms with van der Waals surface area (Å²) >= 11 is 0. The predicted octanol–water partition coefficient (Wildman–Crippen LogP) is 3.56. The van der Waals surface area contributed by atoms with Crippen LogP contribution in [-0.2, 0) is 14.8 Å². The molecule has 1 amide bonds. The molecule has 2 aromatic rings. The number of nitrogens with one attached hydrogen (secondary N) is 1. The highest BCUT2D eigenvalue weighted by atomic mass is 32.2. The highest BCUT2D eigenvalue weighted by Gasteiger charge is 2.22. The fourth-order valence-corrected chi connectivity index (χ4v) is 3.85. The lowest BCUT2D eigenvalue weighted by atomic mass is 10.00. The van der Waals surface area contributed by atoms with Gasteiger partial charge in [-0.05, 0) is 69.0 Å². The Kier molecular flexibility index (Phi) is 6.31. The summed E-state index contributed by atoms with van der Waals surface area (Å²) in [6, 6.07) is 11.3. The molecule has 0 radical (unpaired) electrons. The summed E-state index contributed by atoms with van der Waals surface area (Å²) in [4.78, 5) is 12.6. The van der Waals surface area contributed by atoms with E-state index in [9.17, 15) is 13.2 Å². The van der Waals surface area contributed by atoms with Gasteiger partial charge in [-0.2, -0.15) is 0 Å². The van der Waals surface area contributed by atoms with Gasteiger partial charge in [0.15, 0.2) is 0 Å². The Balaban J connectivity index is 2.21. The molecular weight excluding hydrogens is 360 g/mol. The number of benzene rings is 2. The number of carbonyl (C=O) groups excluding carboxylic acids is 1. The third-order valence-electron chi connectivity index (χ3n) is 4.74. The molecule has 0 aliphatic carbocycles. The molecule has 146 valence electrons. The van der Waals surface area contributed by atoms with Crippen LogP contribution in [-0.4, -0.2) is 27.1 Å². The zero-order valence-corrected chi connectivity index (χ0v) is 17.6. The molecule has 2 aromatic carbocycles. The van der Waals surface area contributed by atoms with Gasteiger partial charge in [-0.25, -0.2) is 8.42 Å². The van der Waals surface area contributed by atoms with E-state index in [0.717, 1.165) is 38.4 Å². The van der Waals surface area contributed by atoms with Crippen molar-refractivity contribution in [3.05, 3.63) is 64.2 Å². The van der Waals surface area contributed by atoms with Crippen LogP contribution >= 0.6 is 0 Å². The van der Waals surface area contributed by atoms with Gasteiger partial charge in [0.1, 0.15) is 6.54 Å². The van der Waals surface area contributed by atoms with Crippen molar-refractivity contribution in [2.45, 2.75) is 40.7 Å². The average molecular weight is 389 g/mol. The van der Waals surface area contributed by atoms with Gasteiger partial charge in [0.2, 0.25) is 15.9 Å². The van der Waals surface area contributed by atoms with Crippen molar-refractivity contribution in [2.24, 2.45) is 0 Å². The topological polar surface area (TPSA) is 66.5 Å². The summed E-state index contributed by atoms with van der Waals surface area (Å²) in [5.74, 6) is -0.341. The largest absolute Gasteiger partial charge is 0.348 e. The van der Waals surface area contributed by atoms with Gasteiger partial charge >= 0.3 is 0 Å². The minimum atomic E-state index is -3.59. The van der Waals surface area contributed by atoms with E-state index in [1.807, 2.05) is 58.9 Å². The minimum Gasteiger partial charge on any atom is -0.348 e. The van der Waals surface area contributed by atoms with Gasteiger partial charge in [-0.3, -0.25) is 9.10 Å². The smallest absolute Gasteiger partial charge is 0.241 e. The van der Waals surface area contributed by atoms with Crippen molar-refractivity contribution >= 4 is 21.6 Å². The quantitative estimate of drug-likeness (QED) is 0.823. The van der Waals surface area contributed by atoms with Gasteiger partial charge in [0, 0.05) is 0 Å². The molecule has 0 saturated carbocycles. The van der Waals surface area contributed by atoms with Crippen molar-refractivity contribution in [1.82, 2.24) is 5.32 Å². The van der Waals surface area contributed by atoms with Crippen LogP contribution in [0.4, 0.5) is 5.69 Å². The lowest BCUT2D eigenvalue weighted by Crippen LogP contribution is -2.41. The Hall–Kier alpha value is -2.34. The van der Waals surface area contributed by atoms with Crippen molar-refractivity contribution in [2.75, 3.05) is 17.1 Å². The van der Waals surface area contributed by atoms with Crippen LogP contribution in [0, 0.1) is 27.7 Å². The first-order chi connectivity index (χ1) is 12.5. The van der Waals surface area contributed by atoms with E-state index >= 15 is 0 Å². The molecule has 0 saturated heterocycles. The fourth-order valence-electron chi connectivity index (χ4n) is 3.00. The monoisotopic (exact) mass is 388 g/mol. The van der Waals surface area contributed by atoms with Crippen LogP contribution in [0.1, 0.15) is 40.8 Å². The Morgan fingerprint density at radius 1 is 1.00 bits per heavy atom. The second-order valence-corrected chi connectivity index (χ2v) is 9.09. The third-order valence-corrected chi connectivity index (χ3v) is 5.89. The Morgan fingerprint density at radius 2 is 1.63 bits per heavy atom. The second kappa shape index (κ2) is 8.13. The van der Waals surface area contributed by atoms with E-state index in [1.165, 1.54) is 0 Å². The van der Waals surface area contributed by atoms with E-state index in [-0.39, 0.29) is 18.5 Å². The molecular formula is C21H28N2O3S. The second-order valence-electron chi connectivity index (χ2n) is 7.19. The highest BCUT2D eigenvalue weighted by molar-refractivity contribution is 7.92. The van der Waals surface area contributed by atoms with Crippen LogP contribution in [0.15, 0.2) is 36.4 Å². The molecule has 5 nitrogen and oxygen atoms in total. The fraction of sp³-hybridized carbons (Fsp3) is 0.381. The summed E-state index contributed by atoms with van der Waals surface area (Å²) in [6.07, 6.45) is 1.11. The molecule has 1 N–H and O–H groups in total. The molecule has 6 heteroatoms. The van der Waals surface area contributed by atoms with Crippen LogP contribution in [0.25, 0.3) is 0 Å². The Labute approximate surface area is 162 Å². The number of amides is 1. The van der Waals surface area contributed by atoms with Gasteiger partial charge in [0.05, 0.1) is 18.0 Å². The zero-order valence-electron chi connectivity index (χ0n) is 16.8.